The third kappa shape index (κ3) is 5.21. The maximum absolute atomic E-state index is 13.2. The van der Waals surface area contributed by atoms with Gasteiger partial charge >= 0.3 is 0 Å². The van der Waals surface area contributed by atoms with Gasteiger partial charge in [-0.15, -0.1) is 11.3 Å². The van der Waals surface area contributed by atoms with E-state index in [1.54, 1.807) is 11.3 Å². The molecule has 1 amide bonds. The molecule has 0 radical (unpaired) electrons. The fourth-order valence-corrected chi connectivity index (χ4v) is 6.00. The summed E-state index contributed by atoms with van der Waals surface area (Å²) in [7, 11) is 2.04. The summed E-state index contributed by atoms with van der Waals surface area (Å²) in [4.78, 5) is 24.6. The van der Waals surface area contributed by atoms with Gasteiger partial charge < -0.3 is 14.5 Å². The van der Waals surface area contributed by atoms with E-state index in [0.29, 0.717) is 12.5 Å². The van der Waals surface area contributed by atoms with Crippen LogP contribution in [0.3, 0.4) is 0 Å². The van der Waals surface area contributed by atoms with Gasteiger partial charge in [0, 0.05) is 44.3 Å². The second-order valence-corrected chi connectivity index (χ2v) is 10.2. The van der Waals surface area contributed by atoms with Crippen molar-refractivity contribution in [2.24, 2.45) is 0 Å². The number of rotatable bonds is 6. The first-order valence-corrected chi connectivity index (χ1v) is 12.7. The number of ether oxygens (including phenoxy) is 1. The molecule has 0 aliphatic carbocycles. The Labute approximate surface area is 199 Å². The van der Waals surface area contributed by atoms with Gasteiger partial charge in [0.25, 0.3) is 0 Å². The molecule has 33 heavy (non-hydrogen) atoms. The second kappa shape index (κ2) is 10.2. The fraction of sp³-hybridized carbons (Fsp3) is 0.462. The van der Waals surface area contributed by atoms with Crippen LogP contribution in [0.4, 0.5) is 5.69 Å². The summed E-state index contributed by atoms with van der Waals surface area (Å²) in [5.74, 6) is 0.555. The predicted octanol–water partition coefficient (Wildman–Crippen LogP) is 3.97. The number of hydrogen-bond acceptors (Lipinski definition) is 6. The summed E-state index contributed by atoms with van der Waals surface area (Å²) in [5, 5.41) is 1.17. The molecule has 0 saturated carbocycles. The van der Waals surface area contributed by atoms with Crippen molar-refractivity contribution >= 4 is 33.1 Å². The number of benzene rings is 2. The van der Waals surface area contributed by atoms with E-state index in [0.717, 1.165) is 64.3 Å². The number of piperidine rings is 1. The number of amides is 1. The normalized spacial score (nSPS) is 19.4. The highest BCUT2D eigenvalue weighted by atomic mass is 32.1. The fourth-order valence-electron chi connectivity index (χ4n) is 4.90. The zero-order valence-electron chi connectivity index (χ0n) is 19.3. The quantitative estimate of drug-likeness (QED) is 0.553. The molecular formula is C26H32N4O2S. The molecule has 3 heterocycles. The van der Waals surface area contributed by atoms with Crippen LogP contribution in [0.15, 0.2) is 48.5 Å². The zero-order valence-corrected chi connectivity index (χ0v) is 20.1. The van der Waals surface area contributed by atoms with Gasteiger partial charge in [-0.1, -0.05) is 30.3 Å². The number of para-hydroxylation sites is 2. The number of fused-ring (bicyclic) bond motifs is 1. The van der Waals surface area contributed by atoms with Gasteiger partial charge in [-0.25, -0.2) is 4.98 Å². The minimum absolute atomic E-state index is 0.215. The number of hydrogen-bond donors (Lipinski definition) is 0. The number of morpholine rings is 1. The molecule has 0 N–H and O–H groups in total. The average molecular weight is 465 g/mol. The van der Waals surface area contributed by atoms with Crippen LogP contribution in [-0.2, 0) is 16.1 Å². The van der Waals surface area contributed by atoms with Crippen molar-refractivity contribution in [3.05, 3.63) is 59.1 Å². The number of likely N-dealkylation sites (tertiary alicyclic amines) is 1. The third-order valence-electron chi connectivity index (χ3n) is 6.62. The molecular weight excluding hydrogens is 432 g/mol. The minimum Gasteiger partial charge on any atom is -0.378 e. The van der Waals surface area contributed by atoms with Crippen LogP contribution in [0.25, 0.3) is 10.2 Å². The topological polar surface area (TPSA) is 48.9 Å². The summed E-state index contributed by atoms with van der Waals surface area (Å²) in [6, 6.07) is 16.8. The largest absolute Gasteiger partial charge is 0.378 e. The number of carbonyl (C=O) groups excluding carboxylic acids is 1. The lowest BCUT2D eigenvalue weighted by atomic mass is 9.98. The van der Waals surface area contributed by atoms with E-state index in [1.807, 2.05) is 18.0 Å². The molecule has 174 valence electrons. The summed E-state index contributed by atoms with van der Waals surface area (Å²) < 4.78 is 6.74. The molecule has 2 fully saturated rings. The molecule has 1 atom stereocenters. The van der Waals surface area contributed by atoms with Gasteiger partial charge in [-0.05, 0) is 43.7 Å². The molecule has 7 heteroatoms. The third-order valence-corrected chi connectivity index (χ3v) is 7.82. The van der Waals surface area contributed by atoms with E-state index >= 15 is 0 Å². The number of nitrogens with zero attached hydrogens (tertiary/aromatic N) is 4. The van der Waals surface area contributed by atoms with Crippen molar-refractivity contribution < 1.29 is 9.53 Å². The molecule has 3 aromatic rings. The van der Waals surface area contributed by atoms with Gasteiger partial charge in [0.15, 0.2) is 0 Å². The van der Waals surface area contributed by atoms with E-state index in [-0.39, 0.29) is 5.91 Å². The molecule has 6 nitrogen and oxygen atoms in total. The molecule has 5 rings (SSSR count). The van der Waals surface area contributed by atoms with Crippen molar-refractivity contribution in [2.45, 2.75) is 25.3 Å². The Bertz CT molecular complexity index is 1060. The Morgan fingerprint density at radius 1 is 1.12 bits per heavy atom. The van der Waals surface area contributed by atoms with E-state index in [2.05, 4.69) is 52.3 Å². The molecule has 2 aromatic carbocycles. The Kier molecular flexibility index (Phi) is 6.90. The van der Waals surface area contributed by atoms with Gasteiger partial charge in [0.2, 0.25) is 5.91 Å². The summed E-state index contributed by atoms with van der Waals surface area (Å²) >= 11 is 1.78. The van der Waals surface area contributed by atoms with Crippen molar-refractivity contribution in [3.8, 4) is 0 Å². The first-order chi connectivity index (χ1) is 16.2. The zero-order chi connectivity index (χ0) is 22.6. The van der Waals surface area contributed by atoms with Crippen LogP contribution in [0.2, 0.25) is 0 Å². The summed E-state index contributed by atoms with van der Waals surface area (Å²) in [6.07, 6.45) is 2.14. The highest BCUT2D eigenvalue weighted by Crippen LogP contribution is 2.33. The summed E-state index contributed by atoms with van der Waals surface area (Å²) in [5.41, 5.74) is 3.59. The monoisotopic (exact) mass is 464 g/mol. The van der Waals surface area contributed by atoms with Gasteiger partial charge in [-0.3, -0.25) is 9.69 Å². The number of thiazole rings is 1. The number of aromatic nitrogens is 1. The van der Waals surface area contributed by atoms with Crippen LogP contribution in [0, 0.1) is 0 Å². The number of likely N-dealkylation sites (N-methyl/N-ethyl adjacent to an activating group) is 1. The van der Waals surface area contributed by atoms with Crippen LogP contribution >= 0.6 is 11.3 Å². The van der Waals surface area contributed by atoms with Gasteiger partial charge in [0.05, 0.1) is 35.0 Å². The maximum Gasteiger partial charge on any atom is 0.236 e. The van der Waals surface area contributed by atoms with E-state index in [1.165, 1.54) is 21.0 Å². The molecule has 2 saturated heterocycles. The van der Waals surface area contributed by atoms with Crippen LogP contribution < -0.4 is 4.90 Å². The lowest BCUT2D eigenvalue weighted by Gasteiger charge is -2.34. The first-order valence-electron chi connectivity index (χ1n) is 11.9. The average Bonchev–Trinajstić information content (AvgIpc) is 3.29. The van der Waals surface area contributed by atoms with Crippen LogP contribution in [-0.4, -0.2) is 73.7 Å². The van der Waals surface area contributed by atoms with Gasteiger partial charge in [0.1, 0.15) is 0 Å². The molecule has 0 unspecified atom stereocenters. The standard InChI is InChI=1S/C26H32N4O2S/c1-28(17-20-7-2-4-10-23(20)29-13-15-32-16-14-29)19-25(31)30-12-6-8-21(18-30)26-27-22-9-3-5-11-24(22)33-26/h2-5,7,9-11,21H,6,8,12-19H2,1H3/t21-/m0/s1. The maximum atomic E-state index is 13.2. The molecule has 0 spiro atoms. The van der Waals surface area contributed by atoms with E-state index in [9.17, 15) is 4.79 Å². The van der Waals surface area contributed by atoms with Crippen molar-refractivity contribution in [1.29, 1.82) is 0 Å². The van der Waals surface area contributed by atoms with E-state index in [4.69, 9.17) is 9.72 Å². The molecule has 0 bridgehead atoms. The first kappa shape index (κ1) is 22.3. The Morgan fingerprint density at radius 2 is 1.91 bits per heavy atom. The molecule has 1 aromatic heterocycles. The highest BCUT2D eigenvalue weighted by molar-refractivity contribution is 7.18. The Hall–Kier alpha value is -2.48. The predicted molar refractivity (Wildman–Crippen MR) is 134 cm³/mol. The lowest BCUT2D eigenvalue weighted by Crippen LogP contribution is -2.43. The Balaban J connectivity index is 1.20. The molecule has 2 aliphatic rings. The van der Waals surface area contributed by atoms with Crippen LogP contribution in [0.1, 0.15) is 29.3 Å². The van der Waals surface area contributed by atoms with E-state index < -0.39 is 0 Å². The highest BCUT2D eigenvalue weighted by Gasteiger charge is 2.27. The number of carbonyl (C=O) groups is 1. The molecule has 2 aliphatic heterocycles. The second-order valence-electron chi connectivity index (χ2n) is 9.10. The van der Waals surface area contributed by atoms with Gasteiger partial charge in [-0.2, -0.15) is 0 Å². The van der Waals surface area contributed by atoms with Crippen molar-refractivity contribution in [3.63, 3.8) is 0 Å². The smallest absolute Gasteiger partial charge is 0.236 e. The Morgan fingerprint density at radius 3 is 2.76 bits per heavy atom. The number of anilines is 1. The SMILES string of the molecule is CN(CC(=O)N1CCC[C@H](c2nc3ccccc3s2)C1)Cc1ccccc1N1CCOCC1. The van der Waals surface area contributed by atoms with Crippen LogP contribution in [0.5, 0.6) is 0 Å². The lowest BCUT2D eigenvalue weighted by molar-refractivity contribution is -0.133. The van der Waals surface area contributed by atoms with Crippen molar-refractivity contribution in [1.82, 2.24) is 14.8 Å². The summed E-state index contributed by atoms with van der Waals surface area (Å²) in [6.45, 7) is 6.19. The van der Waals surface area contributed by atoms with Crippen molar-refractivity contribution in [2.75, 3.05) is 57.9 Å². The minimum atomic E-state index is 0.215.